The summed E-state index contributed by atoms with van der Waals surface area (Å²) in [4.78, 5) is 4.32. The maximum atomic E-state index is 10.6. The van der Waals surface area contributed by atoms with Gasteiger partial charge in [0.25, 0.3) is 10.1 Å². The second-order valence-corrected chi connectivity index (χ2v) is 21.9. The smallest absolute Gasteiger partial charge is 0.264 e. The number of aliphatic hydroxyl groups is 4. The van der Waals surface area contributed by atoms with E-state index in [1.807, 2.05) is 53.5 Å². The molecule has 5 atom stereocenters. The normalized spacial score (nSPS) is 25.0. The minimum absolute atomic E-state index is 0.0161. The quantitative estimate of drug-likeness (QED) is 0.101. The summed E-state index contributed by atoms with van der Waals surface area (Å²) < 4.78 is 71.3. The summed E-state index contributed by atoms with van der Waals surface area (Å²) in [6.07, 6.45) is 2.94. The third kappa shape index (κ3) is 32.1. The van der Waals surface area contributed by atoms with Crippen LogP contribution in [0.25, 0.3) is 0 Å². The first-order valence-corrected chi connectivity index (χ1v) is 24.7. The van der Waals surface area contributed by atoms with Crippen molar-refractivity contribution in [2.75, 3.05) is 154 Å². The standard InChI is InChI=1S/C10H22NO3.C10H21NO2.C9H19NO3.C8H20NO2.C7H14O5S/c1-10(2)13-8-9(14-10)7-11(3,4)5-6-12;1-5-6-11(4)7-9-8-12-10(2,3)13-9;1-9(2)12-7-8(13-9)6-10(3)4-5-11;1-4-5-9(2,3)6-8(11)7-10;1-7(2)10-4-6(12-7)5-11-13(3,8)9/h9,12H,5-8H2,1-4H3;9H,5-8H2,1-4H3;8,11H,4-7H2,1-3H3;8,10-11H,4-7H2,1-3H3;6H,4-5H2,1-3H3/q+1;;;+1;. The van der Waals surface area contributed by atoms with E-state index in [-0.39, 0.29) is 56.6 Å². The molecule has 0 saturated carbocycles. The highest BCUT2D eigenvalue weighted by atomic mass is 32.2. The minimum Gasteiger partial charge on any atom is -0.395 e. The van der Waals surface area contributed by atoms with Crippen molar-refractivity contribution < 1.29 is 79.9 Å². The molecule has 0 aromatic heterocycles. The van der Waals surface area contributed by atoms with Crippen LogP contribution in [0.3, 0.4) is 0 Å². The molecule has 0 radical (unpaired) electrons. The number of hydrogen-bond donors (Lipinski definition) is 4. The number of rotatable bonds is 20. The van der Waals surface area contributed by atoms with E-state index in [4.69, 9.17) is 58.3 Å². The number of aliphatic hydroxyl groups excluding tert-OH is 4. The van der Waals surface area contributed by atoms with Crippen molar-refractivity contribution in [2.45, 2.75) is 136 Å². The van der Waals surface area contributed by atoms with Crippen LogP contribution in [0.5, 0.6) is 0 Å². The van der Waals surface area contributed by atoms with Crippen LogP contribution in [0.15, 0.2) is 0 Å². The number of likely N-dealkylation sites (N-methyl/N-ethyl adjacent to an activating group) is 4. The van der Waals surface area contributed by atoms with Gasteiger partial charge >= 0.3 is 0 Å². The summed E-state index contributed by atoms with van der Waals surface area (Å²) in [5, 5.41) is 35.4. The van der Waals surface area contributed by atoms with Gasteiger partial charge in [0.15, 0.2) is 23.1 Å². The second kappa shape index (κ2) is 29.3. The zero-order valence-corrected chi connectivity index (χ0v) is 43.9. The van der Waals surface area contributed by atoms with E-state index < -0.39 is 33.6 Å². The van der Waals surface area contributed by atoms with Gasteiger partial charge in [0.1, 0.15) is 37.9 Å². The Labute approximate surface area is 388 Å². The predicted octanol–water partition coefficient (Wildman–Crippen LogP) is 1.69. The number of hydrogen-bond acceptors (Lipinski definition) is 17. The van der Waals surface area contributed by atoms with E-state index in [1.54, 1.807) is 13.8 Å². The monoisotopic (exact) mass is 953 g/mol. The maximum Gasteiger partial charge on any atom is 0.264 e. The molecule has 4 fully saturated rings. The summed E-state index contributed by atoms with van der Waals surface area (Å²) in [6.45, 7) is 29.0. The van der Waals surface area contributed by atoms with E-state index in [1.165, 1.54) is 6.42 Å². The zero-order chi connectivity index (χ0) is 49.6. The molecular weight excluding hydrogens is 857 g/mol. The van der Waals surface area contributed by atoms with Crippen LogP contribution < -0.4 is 0 Å². The molecule has 0 aromatic carbocycles. The molecular formula is C44H96N4O15S+2. The summed E-state index contributed by atoms with van der Waals surface area (Å²) in [7, 11) is 8.99. The Morgan fingerprint density at radius 2 is 1.03 bits per heavy atom. The van der Waals surface area contributed by atoms with Crippen LogP contribution in [-0.2, 0) is 52.2 Å². The van der Waals surface area contributed by atoms with Crippen LogP contribution in [-0.4, -0.2) is 255 Å². The van der Waals surface area contributed by atoms with Crippen molar-refractivity contribution >= 4 is 10.1 Å². The van der Waals surface area contributed by atoms with Gasteiger partial charge in [-0.3, -0.25) is 4.18 Å². The second-order valence-electron chi connectivity index (χ2n) is 20.3. The lowest BCUT2D eigenvalue weighted by Gasteiger charge is -2.31. The minimum atomic E-state index is -3.38. The molecule has 0 amide bonds. The predicted molar refractivity (Wildman–Crippen MR) is 247 cm³/mol. The van der Waals surface area contributed by atoms with E-state index in [0.717, 1.165) is 67.5 Å². The lowest BCUT2D eigenvalue weighted by molar-refractivity contribution is -0.893. The van der Waals surface area contributed by atoms with E-state index in [2.05, 4.69) is 58.2 Å². The average molecular weight is 953 g/mol. The van der Waals surface area contributed by atoms with Crippen molar-refractivity contribution in [2.24, 2.45) is 0 Å². The van der Waals surface area contributed by atoms with Gasteiger partial charge in [-0.05, 0) is 88.9 Å². The lowest BCUT2D eigenvalue weighted by Crippen LogP contribution is -2.48. The lowest BCUT2D eigenvalue weighted by atomic mass is 10.3. The van der Waals surface area contributed by atoms with E-state index in [9.17, 15) is 8.42 Å². The van der Waals surface area contributed by atoms with Gasteiger partial charge in [-0.2, -0.15) is 8.42 Å². The summed E-state index contributed by atoms with van der Waals surface area (Å²) in [5.74, 6) is -1.89. The summed E-state index contributed by atoms with van der Waals surface area (Å²) in [5.41, 5.74) is 0. The van der Waals surface area contributed by atoms with Gasteiger partial charge in [0.05, 0.1) is 106 Å². The molecule has 4 heterocycles. The van der Waals surface area contributed by atoms with Crippen LogP contribution >= 0.6 is 0 Å². The molecule has 4 N–H and O–H groups in total. The first kappa shape index (κ1) is 63.3. The molecule has 4 saturated heterocycles. The van der Waals surface area contributed by atoms with Crippen LogP contribution in [0.4, 0.5) is 0 Å². The molecule has 4 aliphatic heterocycles. The molecule has 4 rings (SSSR count). The molecule has 0 bridgehead atoms. The topological polar surface area (TPSA) is 205 Å². The maximum absolute atomic E-state index is 10.6. The first-order valence-electron chi connectivity index (χ1n) is 22.8. The van der Waals surface area contributed by atoms with Gasteiger partial charge in [-0.25, -0.2) is 0 Å². The fourth-order valence-corrected chi connectivity index (χ4v) is 7.67. The van der Waals surface area contributed by atoms with Crippen LogP contribution in [0.1, 0.15) is 82.1 Å². The van der Waals surface area contributed by atoms with Crippen molar-refractivity contribution in [1.82, 2.24) is 9.80 Å². The van der Waals surface area contributed by atoms with Crippen molar-refractivity contribution in [1.29, 1.82) is 0 Å². The van der Waals surface area contributed by atoms with Crippen molar-refractivity contribution in [3.05, 3.63) is 0 Å². The van der Waals surface area contributed by atoms with E-state index in [0.29, 0.717) is 32.9 Å². The highest BCUT2D eigenvalue weighted by molar-refractivity contribution is 7.85. The molecule has 0 spiro atoms. The van der Waals surface area contributed by atoms with Crippen molar-refractivity contribution in [3.63, 3.8) is 0 Å². The van der Waals surface area contributed by atoms with Crippen molar-refractivity contribution in [3.8, 4) is 0 Å². The highest BCUT2D eigenvalue weighted by Gasteiger charge is 2.37. The Morgan fingerprint density at radius 1 is 0.625 bits per heavy atom. The largest absolute Gasteiger partial charge is 0.395 e. The molecule has 0 aliphatic carbocycles. The zero-order valence-electron chi connectivity index (χ0n) is 43.1. The van der Waals surface area contributed by atoms with Gasteiger partial charge < -0.3 is 77.1 Å². The van der Waals surface area contributed by atoms with Crippen LogP contribution in [0, 0.1) is 0 Å². The Morgan fingerprint density at radius 3 is 1.36 bits per heavy atom. The Bertz CT molecular complexity index is 1300. The van der Waals surface area contributed by atoms with Gasteiger partial charge in [0.2, 0.25) is 0 Å². The van der Waals surface area contributed by atoms with Gasteiger partial charge in [-0.1, -0.05) is 13.8 Å². The number of nitrogens with zero attached hydrogens (tertiary/aromatic N) is 4. The van der Waals surface area contributed by atoms with Gasteiger partial charge in [0, 0.05) is 19.6 Å². The fraction of sp³-hybridized carbons (Fsp3) is 1.00. The summed E-state index contributed by atoms with van der Waals surface area (Å²) >= 11 is 0. The molecule has 0 aromatic rings. The first-order chi connectivity index (χ1) is 29.2. The SMILES string of the molecule is CC1(C)OCC(COS(C)(=O)=O)O1.CC1(C)OCC(C[N+](C)(C)CCO)O1.CCCN(C)CC1COC(C)(C)O1.CCC[N+](C)(C)CC(O)CO.CN(CCO)CC1COC(C)(C)O1. The average Bonchev–Trinajstić information content (AvgIpc) is 3.87. The molecule has 20 heteroatoms. The Kier molecular flexibility index (Phi) is 29.0. The molecule has 19 nitrogen and oxygen atoms in total. The summed E-state index contributed by atoms with van der Waals surface area (Å²) in [6, 6.07) is 0. The van der Waals surface area contributed by atoms with Gasteiger partial charge in [-0.15, -0.1) is 0 Å². The van der Waals surface area contributed by atoms with E-state index >= 15 is 0 Å². The number of quaternary nitrogens is 2. The molecule has 64 heavy (non-hydrogen) atoms. The Hall–Kier alpha value is -0.730. The highest BCUT2D eigenvalue weighted by Crippen LogP contribution is 2.25. The molecule has 4 aliphatic rings. The molecule has 5 unspecified atom stereocenters. The number of ether oxygens (including phenoxy) is 8. The third-order valence-electron chi connectivity index (χ3n) is 10.0. The molecule has 386 valence electrons. The fourth-order valence-electron chi connectivity index (χ4n) is 7.27. The third-order valence-corrected chi connectivity index (χ3v) is 10.6. The Balaban J connectivity index is 0.000000777. The van der Waals surface area contributed by atoms with Crippen LogP contribution in [0.2, 0.25) is 0 Å².